The molecule has 27 heavy (non-hydrogen) atoms. The normalized spacial score (nSPS) is 29.7. The van der Waals surface area contributed by atoms with Crippen LogP contribution in [0.25, 0.3) is 0 Å². The van der Waals surface area contributed by atoms with Crippen LogP contribution in [0.2, 0.25) is 5.02 Å². The van der Waals surface area contributed by atoms with Crippen LogP contribution in [0.15, 0.2) is 12.1 Å². The summed E-state index contributed by atoms with van der Waals surface area (Å²) in [5.74, 6) is 0.566. The number of carbonyl (C=O) groups excluding carboxylic acids is 1. The van der Waals surface area contributed by atoms with Gasteiger partial charge in [0.15, 0.2) is 5.75 Å². The summed E-state index contributed by atoms with van der Waals surface area (Å²) in [4.78, 5) is 17.8. The summed E-state index contributed by atoms with van der Waals surface area (Å²) in [7, 11) is 4.24. The molecule has 1 N–H and O–H groups in total. The van der Waals surface area contributed by atoms with Gasteiger partial charge in [-0.1, -0.05) is 18.0 Å². The van der Waals surface area contributed by atoms with Crippen LogP contribution in [0.4, 0.5) is 5.69 Å². The third-order valence-electron chi connectivity index (χ3n) is 6.36. The highest BCUT2D eigenvalue weighted by molar-refractivity contribution is 6.31. The summed E-state index contributed by atoms with van der Waals surface area (Å²) in [6, 6.07) is 4.99. The molecule has 6 heteroatoms. The van der Waals surface area contributed by atoms with Gasteiger partial charge in [0.2, 0.25) is 0 Å². The van der Waals surface area contributed by atoms with Crippen LogP contribution in [-0.2, 0) is 0 Å². The second kappa shape index (κ2) is 6.85. The molecule has 3 aliphatic heterocycles. The number of hydrogen-bond acceptors (Lipinski definition) is 4. The van der Waals surface area contributed by atoms with Crippen molar-refractivity contribution in [1.29, 1.82) is 0 Å². The summed E-state index contributed by atoms with van der Waals surface area (Å²) in [6.45, 7) is 4.83. The average molecular weight is 392 g/mol. The van der Waals surface area contributed by atoms with Crippen molar-refractivity contribution in [3.05, 3.63) is 22.7 Å². The molecule has 3 aliphatic rings. The van der Waals surface area contributed by atoms with E-state index in [0.29, 0.717) is 28.4 Å². The summed E-state index contributed by atoms with van der Waals surface area (Å²) < 4.78 is 6.21. The number of fused-ring (bicyclic) bond motifs is 3. The fourth-order valence-corrected chi connectivity index (χ4v) is 5.31. The minimum Gasteiger partial charge on any atom is -0.483 e. The second-order valence-electron chi connectivity index (χ2n) is 9.07. The maximum Gasteiger partial charge on any atom is 0.255 e. The molecule has 0 spiro atoms. The highest BCUT2D eigenvalue weighted by Crippen LogP contribution is 2.41. The number of anilines is 1. The molecule has 1 aromatic carbocycles. The lowest BCUT2D eigenvalue weighted by Crippen LogP contribution is -2.55. The molecule has 1 aromatic rings. The Bertz CT molecular complexity index is 737. The number of amides is 1. The predicted octanol–water partition coefficient (Wildman–Crippen LogP) is 3.69. The Hall–Kier alpha value is -1.46. The van der Waals surface area contributed by atoms with Gasteiger partial charge in [-0.3, -0.25) is 4.79 Å². The van der Waals surface area contributed by atoms with E-state index in [1.165, 1.54) is 19.3 Å². The third-order valence-corrected chi connectivity index (χ3v) is 6.58. The smallest absolute Gasteiger partial charge is 0.255 e. The monoisotopic (exact) mass is 391 g/mol. The van der Waals surface area contributed by atoms with Crippen molar-refractivity contribution < 1.29 is 9.53 Å². The lowest BCUT2D eigenvalue weighted by Gasteiger charge is -2.47. The first-order valence-corrected chi connectivity index (χ1v) is 10.4. The fourth-order valence-electron chi connectivity index (χ4n) is 5.10. The molecule has 148 valence electrons. The summed E-state index contributed by atoms with van der Waals surface area (Å²) in [5, 5.41) is 3.85. The van der Waals surface area contributed by atoms with E-state index in [-0.39, 0.29) is 17.6 Å². The van der Waals surface area contributed by atoms with Gasteiger partial charge in [-0.05, 0) is 58.7 Å². The molecular formula is C21H30ClN3O2. The molecule has 2 bridgehead atoms. The van der Waals surface area contributed by atoms with E-state index in [4.69, 9.17) is 16.3 Å². The van der Waals surface area contributed by atoms with Crippen molar-refractivity contribution >= 4 is 23.2 Å². The maximum atomic E-state index is 13.2. The van der Waals surface area contributed by atoms with Crippen molar-refractivity contribution in [2.24, 2.45) is 0 Å². The maximum absolute atomic E-state index is 13.2. The number of nitrogens with one attached hydrogen (secondary N) is 1. The number of halogens is 1. The molecule has 2 fully saturated rings. The zero-order valence-electron chi connectivity index (χ0n) is 16.7. The van der Waals surface area contributed by atoms with Crippen molar-refractivity contribution in [3.8, 4) is 5.75 Å². The zero-order valence-corrected chi connectivity index (χ0v) is 17.5. The van der Waals surface area contributed by atoms with E-state index < -0.39 is 0 Å². The van der Waals surface area contributed by atoms with Gasteiger partial charge in [-0.15, -0.1) is 0 Å². The van der Waals surface area contributed by atoms with Gasteiger partial charge in [0.25, 0.3) is 5.91 Å². The lowest BCUT2D eigenvalue weighted by atomic mass is 9.82. The van der Waals surface area contributed by atoms with Crippen LogP contribution in [0, 0.1) is 0 Å². The van der Waals surface area contributed by atoms with E-state index in [9.17, 15) is 4.79 Å². The third kappa shape index (κ3) is 3.64. The number of carbonyl (C=O) groups is 1. The number of piperidine rings is 2. The lowest BCUT2D eigenvalue weighted by molar-refractivity contribution is 0.0460. The molecule has 3 heterocycles. The molecule has 2 saturated heterocycles. The Morgan fingerprint density at radius 1 is 1.22 bits per heavy atom. The van der Waals surface area contributed by atoms with Crippen molar-refractivity contribution in [1.82, 2.24) is 10.2 Å². The summed E-state index contributed by atoms with van der Waals surface area (Å²) in [5.41, 5.74) is 1.07. The van der Waals surface area contributed by atoms with Gasteiger partial charge in [-0.2, -0.15) is 0 Å². The Kier molecular flexibility index (Phi) is 4.79. The molecule has 0 aliphatic carbocycles. The van der Waals surface area contributed by atoms with Crippen molar-refractivity contribution in [3.63, 3.8) is 0 Å². The Labute approximate surface area is 167 Å². The van der Waals surface area contributed by atoms with Gasteiger partial charge in [0, 0.05) is 30.2 Å². The molecule has 2 unspecified atom stereocenters. The van der Waals surface area contributed by atoms with Crippen LogP contribution < -0.4 is 15.0 Å². The molecule has 0 aromatic heterocycles. The van der Waals surface area contributed by atoms with Crippen molar-refractivity contribution in [2.75, 3.05) is 25.5 Å². The molecule has 0 saturated carbocycles. The van der Waals surface area contributed by atoms with Crippen LogP contribution in [-0.4, -0.2) is 55.2 Å². The first kappa shape index (κ1) is 18.9. The number of hydrogen-bond donors (Lipinski definition) is 1. The minimum absolute atomic E-state index is 0.0764. The first-order chi connectivity index (χ1) is 12.7. The Morgan fingerprint density at radius 2 is 1.89 bits per heavy atom. The topological polar surface area (TPSA) is 44.8 Å². The molecule has 2 atom stereocenters. The number of likely N-dealkylation sites (N-methyl/N-ethyl adjacent to an activating group) is 1. The van der Waals surface area contributed by atoms with Crippen LogP contribution in [0.5, 0.6) is 5.75 Å². The highest BCUT2D eigenvalue weighted by atomic mass is 35.5. The van der Waals surface area contributed by atoms with E-state index in [2.05, 4.69) is 22.2 Å². The molecule has 5 nitrogen and oxygen atoms in total. The summed E-state index contributed by atoms with van der Waals surface area (Å²) in [6.07, 6.45) is 5.81. The van der Waals surface area contributed by atoms with Gasteiger partial charge in [0.1, 0.15) is 5.60 Å². The van der Waals surface area contributed by atoms with Crippen LogP contribution in [0.1, 0.15) is 56.3 Å². The standard InChI is InChI=1S/C21H30ClN3O2/c1-21(2)12-24(3)18-9-13(22)8-17(19(18)27-21)20(26)23-14-10-15-6-5-7-16(11-14)25(15)4/h8-9,14-16H,5-7,10-12H2,1-4H3,(H,23,26). The van der Waals surface area contributed by atoms with Crippen LogP contribution >= 0.6 is 11.6 Å². The van der Waals surface area contributed by atoms with Gasteiger partial charge in [0.05, 0.1) is 17.8 Å². The number of ether oxygens (including phenoxy) is 1. The zero-order chi connectivity index (χ0) is 19.3. The Balaban J connectivity index is 1.58. The fraction of sp³-hybridized carbons (Fsp3) is 0.667. The molecule has 1 amide bonds. The molecule has 0 radical (unpaired) electrons. The number of nitrogens with zero attached hydrogens (tertiary/aromatic N) is 2. The SMILES string of the molecule is CN1CC(C)(C)Oc2c(C(=O)NC3CC4CCCC(C3)N4C)cc(Cl)cc21. The van der Waals surface area contributed by atoms with Gasteiger partial charge < -0.3 is 19.9 Å². The minimum atomic E-state index is -0.352. The summed E-state index contributed by atoms with van der Waals surface area (Å²) >= 11 is 6.33. The quantitative estimate of drug-likeness (QED) is 0.835. The highest BCUT2D eigenvalue weighted by Gasteiger charge is 2.38. The largest absolute Gasteiger partial charge is 0.483 e. The average Bonchev–Trinajstić information content (AvgIpc) is 2.55. The van der Waals surface area contributed by atoms with E-state index in [0.717, 1.165) is 25.1 Å². The predicted molar refractivity (Wildman–Crippen MR) is 109 cm³/mol. The molecule has 4 rings (SSSR count). The van der Waals surface area contributed by atoms with Gasteiger partial charge >= 0.3 is 0 Å². The van der Waals surface area contributed by atoms with Crippen LogP contribution in [0.3, 0.4) is 0 Å². The van der Waals surface area contributed by atoms with E-state index in [1.54, 1.807) is 6.07 Å². The van der Waals surface area contributed by atoms with E-state index in [1.807, 2.05) is 27.0 Å². The first-order valence-electron chi connectivity index (χ1n) is 10.00. The number of benzene rings is 1. The molecular weight excluding hydrogens is 362 g/mol. The van der Waals surface area contributed by atoms with E-state index >= 15 is 0 Å². The second-order valence-corrected chi connectivity index (χ2v) is 9.50. The Morgan fingerprint density at radius 3 is 2.56 bits per heavy atom. The number of rotatable bonds is 2. The van der Waals surface area contributed by atoms with Gasteiger partial charge in [-0.25, -0.2) is 0 Å². The van der Waals surface area contributed by atoms with Crippen molar-refractivity contribution in [2.45, 2.75) is 69.7 Å².